The van der Waals surface area contributed by atoms with Crippen LogP contribution in [0.5, 0.6) is 0 Å². The van der Waals surface area contributed by atoms with E-state index in [1.54, 1.807) is 24.3 Å². The molecule has 1 aliphatic rings. The first kappa shape index (κ1) is 22.9. The molecule has 0 saturated heterocycles. The van der Waals surface area contributed by atoms with Crippen molar-refractivity contribution < 1.29 is 9.59 Å². The standard InChI is InChI=1S/C30H25N5O2/c31-15-13-19-3-11-24(12-4-19)35-27-25-14-16-32-29(25)33-17-26(27)34-30(35)23-9-7-22(8-10-23)28(37)21-5-1-20(18-36)2-6-21/h1-2,5-10,14,16-19,24H,3-4,11-13H2,(H,32,33). The fourth-order valence-corrected chi connectivity index (χ4v) is 5.54. The van der Waals surface area contributed by atoms with Crippen molar-refractivity contribution >= 4 is 34.1 Å². The van der Waals surface area contributed by atoms with E-state index < -0.39 is 0 Å². The summed E-state index contributed by atoms with van der Waals surface area (Å²) in [6, 6.07) is 18.9. The topological polar surface area (TPSA) is 104 Å². The highest BCUT2D eigenvalue weighted by Gasteiger charge is 2.27. The van der Waals surface area contributed by atoms with Crippen molar-refractivity contribution in [3.05, 3.63) is 83.7 Å². The maximum absolute atomic E-state index is 13.0. The molecule has 0 bridgehead atoms. The number of nitrogens with one attached hydrogen (secondary N) is 1. The third kappa shape index (κ3) is 4.11. The fraction of sp³-hybridized carbons (Fsp3) is 0.233. The first-order valence-electron chi connectivity index (χ1n) is 12.6. The third-order valence-electron chi connectivity index (χ3n) is 7.51. The summed E-state index contributed by atoms with van der Waals surface area (Å²) in [5, 5.41) is 10.2. The van der Waals surface area contributed by atoms with Crippen LogP contribution in [0.15, 0.2) is 67.0 Å². The molecule has 6 rings (SSSR count). The Morgan fingerprint density at radius 1 is 1.03 bits per heavy atom. The maximum Gasteiger partial charge on any atom is 0.193 e. The number of benzene rings is 2. The molecule has 3 aromatic heterocycles. The van der Waals surface area contributed by atoms with Gasteiger partial charge in [-0.15, -0.1) is 0 Å². The second-order valence-electron chi connectivity index (χ2n) is 9.72. The number of fused-ring (bicyclic) bond motifs is 3. The second kappa shape index (κ2) is 9.47. The van der Waals surface area contributed by atoms with Gasteiger partial charge in [-0.05, 0) is 37.7 Å². The smallest absolute Gasteiger partial charge is 0.193 e. The molecule has 1 aliphatic carbocycles. The molecular formula is C30H25N5O2. The van der Waals surface area contributed by atoms with Crippen molar-refractivity contribution in [1.82, 2.24) is 19.5 Å². The van der Waals surface area contributed by atoms with Gasteiger partial charge in [-0.3, -0.25) is 9.59 Å². The number of aromatic nitrogens is 4. The molecule has 3 heterocycles. The van der Waals surface area contributed by atoms with E-state index in [1.807, 2.05) is 42.7 Å². The summed E-state index contributed by atoms with van der Waals surface area (Å²) in [6.07, 6.45) is 9.13. The minimum Gasteiger partial charge on any atom is -0.346 e. The largest absolute Gasteiger partial charge is 0.346 e. The van der Waals surface area contributed by atoms with E-state index >= 15 is 0 Å². The molecule has 0 spiro atoms. The van der Waals surface area contributed by atoms with Crippen LogP contribution in [-0.4, -0.2) is 31.6 Å². The van der Waals surface area contributed by atoms with E-state index in [0.29, 0.717) is 29.0 Å². The molecule has 2 aromatic carbocycles. The number of aldehydes is 1. The molecule has 0 aliphatic heterocycles. The van der Waals surface area contributed by atoms with Crippen LogP contribution in [0.2, 0.25) is 0 Å². The zero-order chi connectivity index (χ0) is 25.4. The molecule has 0 amide bonds. The average molecular weight is 488 g/mol. The third-order valence-corrected chi connectivity index (χ3v) is 7.51. The highest BCUT2D eigenvalue weighted by molar-refractivity contribution is 6.09. The van der Waals surface area contributed by atoms with Crippen LogP contribution in [0, 0.1) is 17.2 Å². The van der Waals surface area contributed by atoms with Crippen molar-refractivity contribution in [2.75, 3.05) is 0 Å². The minimum atomic E-state index is -0.0912. The van der Waals surface area contributed by atoms with Gasteiger partial charge in [-0.1, -0.05) is 48.5 Å². The predicted molar refractivity (Wildman–Crippen MR) is 141 cm³/mol. The first-order valence-corrected chi connectivity index (χ1v) is 12.6. The van der Waals surface area contributed by atoms with Crippen LogP contribution in [0.25, 0.3) is 33.5 Å². The van der Waals surface area contributed by atoms with Gasteiger partial charge in [0.2, 0.25) is 0 Å². The van der Waals surface area contributed by atoms with Crippen LogP contribution >= 0.6 is 0 Å². The number of hydrogen-bond acceptors (Lipinski definition) is 5. The van der Waals surface area contributed by atoms with E-state index in [1.165, 1.54) is 0 Å². The monoisotopic (exact) mass is 487 g/mol. The summed E-state index contributed by atoms with van der Waals surface area (Å²) in [6.45, 7) is 0. The van der Waals surface area contributed by atoms with Gasteiger partial charge >= 0.3 is 0 Å². The number of pyridine rings is 1. The summed E-state index contributed by atoms with van der Waals surface area (Å²) in [4.78, 5) is 36.7. The van der Waals surface area contributed by atoms with E-state index in [4.69, 9.17) is 10.2 Å². The van der Waals surface area contributed by atoms with Gasteiger partial charge in [0.05, 0.1) is 17.8 Å². The number of hydrogen-bond donors (Lipinski definition) is 1. The summed E-state index contributed by atoms with van der Waals surface area (Å²) >= 11 is 0. The maximum atomic E-state index is 13.0. The lowest BCUT2D eigenvalue weighted by atomic mass is 9.84. The van der Waals surface area contributed by atoms with Crippen molar-refractivity contribution in [2.45, 2.75) is 38.1 Å². The lowest BCUT2D eigenvalue weighted by Crippen LogP contribution is -2.19. The molecule has 7 nitrogen and oxygen atoms in total. The van der Waals surface area contributed by atoms with Crippen molar-refractivity contribution in [2.24, 2.45) is 5.92 Å². The Morgan fingerprint density at radius 2 is 1.73 bits per heavy atom. The van der Waals surface area contributed by atoms with Crippen LogP contribution < -0.4 is 0 Å². The van der Waals surface area contributed by atoms with Crippen molar-refractivity contribution in [3.8, 4) is 17.5 Å². The molecular weight excluding hydrogens is 462 g/mol. The normalized spacial score (nSPS) is 17.6. The summed E-state index contributed by atoms with van der Waals surface area (Å²) in [7, 11) is 0. The van der Waals surface area contributed by atoms with Gasteiger partial charge in [0.15, 0.2) is 5.78 Å². The summed E-state index contributed by atoms with van der Waals surface area (Å²) in [5.41, 5.74) is 5.35. The number of aromatic amines is 1. The highest BCUT2D eigenvalue weighted by atomic mass is 16.1. The van der Waals surface area contributed by atoms with Gasteiger partial charge in [-0.2, -0.15) is 5.26 Å². The first-order chi connectivity index (χ1) is 18.2. The molecule has 37 heavy (non-hydrogen) atoms. The zero-order valence-corrected chi connectivity index (χ0v) is 20.2. The van der Waals surface area contributed by atoms with E-state index in [2.05, 4.69) is 20.6 Å². The molecule has 0 atom stereocenters. The van der Waals surface area contributed by atoms with Gasteiger partial charge in [-0.25, -0.2) is 9.97 Å². The highest BCUT2D eigenvalue weighted by Crippen LogP contribution is 2.40. The summed E-state index contributed by atoms with van der Waals surface area (Å²) < 4.78 is 2.35. The number of rotatable bonds is 6. The quantitative estimate of drug-likeness (QED) is 0.225. The van der Waals surface area contributed by atoms with Crippen LogP contribution in [0.3, 0.4) is 0 Å². The van der Waals surface area contributed by atoms with Gasteiger partial charge in [0, 0.05) is 46.3 Å². The van der Waals surface area contributed by atoms with E-state index in [-0.39, 0.29) is 11.8 Å². The molecule has 0 unspecified atom stereocenters. The molecule has 182 valence electrons. The van der Waals surface area contributed by atoms with Gasteiger partial charge < -0.3 is 9.55 Å². The Hall–Kier alpha value is -4.57. The Bertz CT molecular complexity index is 1650. The molecule has 1 fully saturated rings. The zero-order valence-electron chi connectivity index (χ0n) is 20.2. The van der Waals surface area contributed by atoms with Crippen molar-refractivity contribution in [1.29, 1.82) is 5.26 Å². The molecule has 0 radical (unpaired) electrons. The van der Waals surface area contributed by atoms with Gasteiger partial charge in [0.25, 0.3) is 0 Å². The lowest BCUT2D eigenvalue weighted by Gasteiger charge is -2.30. The average Bonchev–Trinajstić information content (AvgIpc) is 3.58. The Morgan fingerprint density at radius 3 is 2.41 bits per heavy atom. The number of nitrogens with zero attached hydrogens (tertiary/aromatic N) is 4. The number of carbonyl (C=O) groups is 2. The minimum absolute atomic E-state index is 0.0912. The van der Waals surface area contributed by atoms with Crippen molar-refractivity contribution in [3.63, 3.8) is 0 Å². The number of imidazole rings is 1. The van der Waals surface area contributed by atoms with Gasteiger partial charge in [0.1, 0.15) is 23.3 Å². The lowest BCUT2D eigenvalue weighted by molar-refractivity contribution is 0.103. The number of H-pyrrole nitrogens is 1. The Kier molecular flexibility index (Phi) is 5.85. The fourth-order valence-electron chi connectivity index (χ4n) is 5.54. The molecule has 7 heteroatoms. The van der Waals surface area contributed by atoms with Crippen LogP contribution in [0.1, 0.15) is 64.4 Å². The van der Waals surface area contributed by atoms with Crippen LogP contribution in [-0.2, 0) is 0 Å². The summed E-state index contributed by atoms with van der Waals surface area (Å²) in [5.74, 6) is 1.23. The SMILES string of the molecule is N#CCC1CCC(n2c(-c3ccc(C(=O)c4ccc(C=O)cc4)cc3)nc3cnc4[nH]ccc4c32)CC1. The number of nitriles is 1. The molecule has 1 saturated carbocycles. The molecule has 5 aromatic rings. The Balaban J connectivity index is 1.39. The second-order valence-corrected chi connectivity index (χ2v) is 9.72. The molecule has 1 N–H and O–H groups in total. The number of carbonyl (C=O) groups excluding carboxylic acids is 2. The van der Waals surface area contributed by atoms with Crippen LogP contribution in [0.4, 0.5) is 0 Å². The van der Waals surface area contributed by atoms with E-state index in [9.17, 15) is 9.59 Å². The van der Waals surface area contributed by atoms with E-state index in [0.717, 1.165) is 65.4 Å². The Labute approximate surface area is 213 Å². The predicted octanol–water partition coefficient (Wildman–Crippen LogP) is 6.27. The number of ketones is 1.